The number of rotatable bonds is 6. The van der Waals surface area contributed by atoms with Gasteiger partial charge in [-0.25, -0.2) is 0 Å². The number of carbonyl (C=O) groups is 1. The molecule has 1 aromatic carbocycles. The van der Waals surface area contributed by atoms with Gasteiger partial charge in [-0.3, -0.25) is 4.79 Å². The Hall–Kier alpha value is -2.16. The van der Waals surface area contributed by atoms with Gasteiger partial charge in [0.05, 0.1) is 6.26 Å². The van der Waals surface area contributed by atoms with Crippen LogP contribution in [0.25, 0.3) is 0 Å². The van der Waals surface area contributed by atoms with E-state index in [1.807, 2.05) is 30.3 Å². The molecule has 0 unspecified atom stereocenters. The van der Waals surface area contributed by atoms with E-state index in [2.05, 4.69) is 9.44 Å². The highest BCUT2D eigenvalue weighted by atomic mass is 32.2. The molecule has 1 aliphatic heterocycles. The molecule has 7 nitrogen and oxygen atoms in total. The van der Waals surface area contributed by atoms with Crippen LogP contribution in [0.15, 0.2) is 53.1 Å². The summed E-state index contributed by atoms with van der Waals surface area (Å²) in [4.78, 5) is 13.9. The van der Waals surface area contributed by atoms with Gasteiger partial charge in [0.2, 0.25) is 0 Å². The second-order valence-corrected chi connectivity index (χ2v) is 7.53. The normalized spacial score (nSPS) is 18.2. The lowest BCUT2D eigenvalue weighted by molar-refractivity contribution is 0.0671. The molecule has 0 spiro atoms. The lowest BCUT2D eigenvalue weighted by Crippen LogP contribution is -2.51. The summed E-state index contributed by atoms with van der Waals surface area (Å²) in [5.74, 6) is 0.0526. The molecule has 2 aromatic rings. The van der Waals surface area contributed by atoms with Crippen LogP contribution in [0.2, 0.25) is 0 Å². The second kappa shape index (κ2) is 7.81. The molecule has 0 bridgehead atoms. The summed E-state index contributed by atoms with van der Waals surface area (Å²) < 4.78 is 34.8. The zero-order valence-corrected chi connectivity index (χ0v) is 14.5. The van der Waals surface area contributed by atoms with Gasteiger partial charge in [0.1, 0.15) is 0 Å². The summed E-state index contributed by atoms with van der Waals surface area (Å²) in [7, 11) is -3.64. The molecule has 1 amide bonds. The Balaban J connectivity index is 1.55. The van der Waals surface area contributed by atoms with Gasteiger partial charge in [0.15, 0.2) is 5.76 Å². The number of nitrogens with zero attached hydrogens (tertiary/aromatic N) is 1. The van der Waals surface area contributed by atoms with Crippen molar-refractivity contribution in [2.45, 2.75) is 25.4 Å². The van der Waals surface area contributed by atoms with Gasteiger partial charge in [0, 0.05) is 25.7 Å². The highest BCUT2D eigenvalue weighted by Gasteiger charge is 2.28. The van der Waals surface area contributed by atoms with Gasteiger partial charge in [0.25, 0.3) is 16.1 Å². The van der Waals surface area contributed by atoms with E-state index in [1.54, 1.807) is 17.0 Å². The fourth-order valence-corrected chi connectivity index (χ4v) is 3.92. The smallest absolute Gasteiger partial charge is 0.289 e. The molecule has 134 valence electrons. The van der Waals surface area contributed by atoms with Crippen molar-refractivity contribution < 1.29 is 17.6 Å². The third-order valence-electron chi connectivity index (χ3n) is 4.07. The summed E-state index contributed by atoms with van der Waals surface area (Å²) in [6.07, 6.45) is 2.87. The lowest BCUT2D eigenvalue weighted by atomic mass is 10.1. The van der Waals surface area contributed by atoms with Crippen LogP contribution in [0.5, 0.6) is 0 Å². The van der Waals surface area contributed by atoms with E-state index in [1.165, 1.54) is 6.26 Å². The number of likely N-dealkylation sites (tertiary alicyclic amines) is 1. The number of hydrogen-bond acceptors (Lipinski definition) is 4. The molecule has 0 saturated carbocycles. The SMILES string of the molecule is O=C(c1ccco1)N1CCC[C@H](NS(=O)(=O)NCc2ccccc2)C1. The predicted molar refractivity (Wildman–Crippen MR) is 93.0 cm³/mol. The molecule has 1 aromatic heterocycles. The van der Waals surface area contributed by atoms with Crippen LogP contribution in [0.1, 0.15) is 29.0 Å². The first-order chi connectivity index (χ1) is 12.0. The van der Waals surface area contributed by atoms with Crippen molar-refractivity contribution in [2.24, 2.45) is 0 Å². The fraction of sp³-hybridized carbons (Fsp3) is 0.353. The molecule has 1 aliphatic rings. The van der Waals surface area contributed by atoms with E-state index in [0.29, 0.717) is 19.5 Å². The van der Waals surface area contributed by atoms with Crippen molar-refractivity contribution in [2.75, 3.05) is 13.1 Å². The molecule has 3 rings (SSSR count). The highest BCUT2D eigenvalue weighted by molar-refractivity contribution is 7.87. The minimum Gasteiger partial charge on any atom is -0.459 e. The van der Waals surface area contributed by atoms with Crippen molar-refractivity contribution >= 4 is 16.1 Å². The Labute approximate surface area is 147 Å². The number of amides is 1. The quantitative estimate of drug-likeness (QED) is 0.814. The summed E-state index contributed by atoms with van der Waals surface area (Å²) in [5, 5.41) is 0. The summed E-state index contributed by atoms with van der Waals surface area (Å²) >= 11 is 0. The summed E-state index contributed by atoms with van der Waals surface area (Å²) in [6, 6.07) is 12.2. The first kappa shape index (κ1) is 17.7. The highest BCUT2D eigenvalue weighted by Crippen LogP contribution is 2.14. The van der Waals surface area contributed by atoms with Crippen molar-refractivity contribution in [1.82, 2.24) is 14.3 Å². The molecule has 1 atom stereocenters. The maximum absolute atomic E-state index is 12.3. The van der Waals surface area contributed by atoms with Crippen LogP contribution in [0.4, 0.5) is 0 Å². The molecule has 8 heteroatoms. The summed E-state index contributed by atoms with van der Waals surface area (Å²) in [6.45, 7) is 1.14. The van der Waals surface area contributed by atoms with E-state index < -0.39 is 10.2 Å². The van der Waals surface area contributed by atoms with Crippen LogP contribution >= 0.6 is 0 Å². The van der Waals surface area contributed by atoms with Gasteiger partial charge in [-0.1, -0.05) is 30.3 Å². The van der Waals surface area contributed by atoms with Gasteiger partial charge < -0.3 is 9.32 Å². The van der Waals surface area contributed by atoms with E-state index in [4.69, 9.17) is 4.42 Å². The molecule has 25 heavy (non-hydrogen) atoms. The van der Waals surface area contributed by atoms with Crippen LogP contribution in [-0.4, -0.2) is 38.4 Å². The van der Waals surface area contributed by atoms with Gasteiger partial charge in [-0.2, -0.15) is 17.9 Å². The second-order valence-electron chi connectivity index (χ2n) is 6.00. The molecule has 2 heterocycles. The number of carbonyl (C=O) groups excluding carboxylic acids is 1. The standard InChI is InChI=1S/C17H21N3O4S/c21-17(16-9-5-11-24-16)20-10-4-8-15(13-20)19-25(22,23)18-12-14-6-2-1-3-7-14/h1-3,5-7,9,11,15,18-19H,4,8,10,12-13H2/t15-/m0/s1. The van der Waals surface area contributed by atoms with E-state index in [0.717, 1.165) is 12.0 Å². The third-order valence-corrected chi connectivity index (χ3v) is 5.24. The lowest BCUT2D eigenvalue weighted by Gasteiger charge is -2.32. The van der Waals surface area contributed by atoms with Gasteiger partial charge in [-0.15, -0.1) is 0 Å². The first-order valence-corrected chi connectivity index (χ1v) is 9.65. The number of piperidine rings is 1. The zero-order chi connectivity index (χ0) is 17.7. The monoisotopic (exact) mass is 363 g/mol. The molecule has 0 aliphatic carbocycles. The Morgan fingerprint density at radius 1 is 1.20 bits per heavy atom. The topological polar surface area (TPSA) is 91.7 Å². The van der Waals surface area contributed by atoms with Gasteiger partial charge in [-0.05, 0) is 30.5 Å². The zero-order valence-electron chi connectivity index (χ0n) is 13.7. The number of furan rings is 1. The minimum atomic E-state index is -3.64. The Bertz CT molecular complexity index is 791. The van der Waals surface area contributed by atoms with Crippen molar-refractivity contribution in [3.8, 4) is 0 Å². The van der Waals surface area contributed by atoms with Crippen molar-refractivity contribution in [1.29, 1.82) is 0 Å². The molecule has 1 saturated heterocycles. The molecule has 2 N–H and O–H groups in total. The van der Waals surface area contributed by atoms with Crippen LogP contribution in [-0.2, 0) is 16.8 Å². The Morgan fingerprint density at radius 3 is 2.72 bits per heavy atom. The average molecular weight is 363 g/mol. The molecular weight excluding hydrogens is 342 g/mol. The van der Waals surface area contributed by atoms with Crippen LogP contribution in [0, 0.1) is 0 Å². The van der Waals surface area contributed by atoms with Crippen molar-refractivity contribution in [3.63, 3.8) is 0 Å². The first-order valence-electron chi connectivity index (χ1n) is 8.17. The maximum Gasteiger partial charge on any atom is 0.289 e. The largest absolute Gasteiger partial charge is 0.459 e. The number of benzene rings is 1. The molecule has 1 fully saturated rings. The average Bonchev–Trinajstić information content (AvgIpc) is 3.15. The van der Waals surface area contributed by atoms with E-state index in [9.17, 15) is 13.2 Å². The third kappa shape index (κ3) is 4.91. The van der Waals surface area contributed by atoms with E-state index >= 15 is 0 Å². The van der Waals surface area contributed by atoms with Crippen LogP contribution in [0.3, 0.4) is 0 Å². The van der Waals surface area contributed by atoms with Crippen LogP contribution < -0.4 is 9.44 Å². The van der Waals surface area contributed by atoms with Crippen molar-refractivity contribution in [3.05, 3.63) is 60.1 Å². The fourth-order valence-electron chi connectivity index (χ4n) is 2.85. The van der Waals surface area contributed by atoms with E-state index in [-0.39, 0.29) is 24.3 Å². The summed E-state index contributed by atoms with van der Waals surface area (Å²) in [5.41, 5.74) is 0.881. The number of nitrogens with one attached hydrogen (secondary N) is 2. The number of hydrogen-bond donors (Lipinski definition) is 2. The minimum absolute atomic E-state index is 0.217. The predicted octanol–water partition coefficient (Wildman–Crippen LogP) is 1.51. The molecule has 0 radical (unpaired) electrons. The Morgan fingerprint density at radius 2 is 2.00 bits per heavy atom. The Kier molecular flexibility index (Phi) is 5.52. The van der Waals surface area contributed by atoms with Gasteiger partial charge >= 0.3 is 0 Å². The maximum atomic E-state index is 12.3. The molecular formula is C17H21N3O4S.